The molecule has 12 heavy (non-hydrogen) atoms. The molecule has 2 nitrogen and oxygen atoms in total. The van der Waals surface area contributed by atoms with Crippen molar-refractivity contribution in [1.29, 1.82) is 0 Å². The summed E-state index contributed by atoms with van der Waals surface area (Å²) >= 11 is -2.49. The summed E-state index contributed by atoms with van der Waals surface area (Å²) in [6, 6.07) is 0. The summed E-state index contributed by atoms with van der Waals surface area (Å²) in [4.78, 5) is 0. The molecule has 0 radical (unpaired) electrons. The second-order valence-electron chi connectivity index (χ2n) is 4.97. The van der Waals surface area contributed by atoms with E-state index >= 15 is 0 Å². The molecular weight excluding hydrogens is 213 g/mol. The summed E-state index contributed by atoms with van der Waals surface area (Å²) in [5, 5.41) is 0. The summed E-state index contributed by atoms with van der Waals surface area (Å²) < 4.78 is 12.1. The molecule has 0 N–H and O–H groups in total. The van der Waals surface area contributed by atoms with Gasteiger partial charge in [0.25, 0.3) is 0 Å². The standard InChI is InChI=1S/C9H20GeO2/c1-8(2)7-9(3,4)10(8,11-5)12-6/h7H2,1-6H3. The van der Waals surface area contributed by atoms with Crippen molar-refractivity contribution in [2.75, 3.05) is 14.2 Å². The number of rotatable bonds is 2. The van der Waals surface area contributed by atoms with Crippen LogP contribution in [0.5, 0.6) is 0 Å². The molecule has 0 atom stereocenters. The molecule has 72 valence electrons. The zero-order valence-corrected chi connectivity index (χ0v) is 11.1. The van der Waals surface area contributed by atoms with Gasteiger partial charge in [-0.05, 0) is 0 Å². The normalized spacial score (nSPS) is 29.5. The van der Waals surface area contributed by atoms with Gasteiger partial charge in [-0.2, -0.15) is 0 Å². The Morgan fingerprint density at radius 2 is 1.25 bits per heavy atom. The van der Waals surface area contributed by atoms with Crippen molar-refractivity contribution in [3.63, 3.8) is 0 Å². The fraction of sp³-hybridized carbons (Fsp3) is 1.00. The van der Waals surface area contributed by atoms with E-state index in [-0.39, 0.29) is 0 Å². The van der Waals surface area contributed by atoms with Gasteiger partial charge in [0.1, 0.15) is 0 Å². The first kappa shape index (κ1) is 10.5. The van der Waals surface area contributed by atoms with Gasteiger partial charge in [-0.1, -0.05) is 0 Å². The molecule has 0 aromatic carbocycles. The summed E-state index contributed by atoms with van der Waals surface area (Å²) in [7, 11) is 3.62. The zero-order chi connectivity index (χ0) is 9.62. The Balaban J connectivity index is 2.96. The van der Waals surface area contributed by atoms with E-state index in [1.165, 1.54) is 6.42 Å². The Morgan fingerprint density at radius 3 is 1.33 bits per heavy atom. The van der Waals surface area contributed by atoms with Crippen molar-refractivity contribution in [3.05, 3.63) is 0 Å². The SMILES string of the molecule is C[O][Ge]1([O]C)[C](C)(C)C[C]1(C)C. The third-order valence-electron chi connectivity index (χ3n) is 3.24. The van der Waals surface area contributed by atoms with Crippen LogP contribution in [0.2, 0.25) is 8.49 Å². The third-order valence-corrected chi connectivity index (χ3v) is 13.9. The first-order valence-electron chi connectivity index (χ1n) is 4.43. The summed E-state index contributed by atoms with van der Waals surface area (Å²) in [5.74, 6) is 0. The molecule has 0 aromatic heterocycles. The van der Waals surface area contributed by atoms with Crippen LogP contribution in [0.15, 0.2) is 0 Å². The minimum absolute atomic E-state index is 0.312. The van der Waals surface area contributed by atoms with E-state index in [1.54, 1.807) is 0 Å². The molecule has 1 fully saturated rings. The second kappa shape index (κ2) is 2.72. The molecule has 0 bridgehead atoms. The zero-order valence-electron chi connectivity index (χ0n) is 9.02. The number of hydrogen-bond donors (Lipinski definition) is 0. The molecule has 0 saturated carbocycles. The molecule has 0 amide bonds. The van der Waals surface area contributed by atoms with Gasteiger partial charge < -0.3 is 0 Å². The van der Waals surface area contributed by atoms with E-state index in [0.717, 1.165) is 0 Å². The molecule has 1 aliphatic heterocycles. The van der Waals surface area contributed by atoms with Crippen molar-refractivity contribution >= 4 is 13.9 Å². The van der Waals surface area contributed by atoms with Crippen LogP contribution in [0.4, 0.5) is 0 Å². The molecule has 0 aromatic rings. The molecule has 1 rings (SSSR count). The summed E-state index contributed by atoms with van der Waals surface area (Å²) in [6.45, 7) is 9.08. The average molecular weight is 233 g/mol. The van der Waals surface area contributed by atoms with Crippen molar-refractivity contribution in [1.82, 2.24) is 0 Å². The van der Waals surface area contributed by atoms with Gasteiger partial charge >= 0.3 is 78.3 Å². The Kier molecular flexibility index (Phi) is 2.39. The van der Waals surface area contributed by atoms with Crippen LogP contribution in [0, 0.1) is 0 Å². The first-order chi connectivity index (χ1) is 5.33. The van der Waals surface area contributed by atoms with Crippen LogP contribution in [0.1, 0.15) is 34.1 Å². The second-order valence-corrected chi connectivity index (χ2v) is 14.9. The van der Waals surface area contributed by atoms with Crippen molar-refractivity contribution < 1.29 is 7.53 Å². The fourth-order valence-electron chi connectivity index (χ4n) is 3.34. The van der Waals surface area contributed by atoms with Crippen LogP contribution in [-0.4, -0.2) is 28.2 Å². The Hall–Kier alpha value is 0.463. The molecule has 1 aliphatic rings. The van der Waals surface area contributed by atoms with Gasteiger partial charge in [-0.25, -0.2) is 0 Å². The summed E-state index contributed by atoms with van der Waals surface area (Å²) in [5.41, 5.74) is 0. The van der Waals surface area contributed by atoms with Crippen LogP contribution >= 0.6 is 0 Å². The topological polar surface area (TPSA) is 18.5 Å². The van der Waals surface area contributed by atoms with E-state index < -0.39 is 13.9 Å². The van der Waals surface area contributed by atoms with E-state index in [2.05, 4.69) is 27.7 Å². The number of hydrogen-bond acceptors (Lipinski definition) is 2. The molecule has 0 spiro atoms. The average Bonchev–Trinajstić information content (AvgIpc) is 1.85. The van der Waals surface area contributed by atoms with Crippen molar-refractivity contribution in [2.45, 2.75) is 42.6 Å². The monoisotopic (exact) mass is 234 g/mol. The predicted octanol–water partition coefficient (Wildman–Crippen LogP) is 2.69. The van der Waals surface area contributed by atoms with Crippen LogP contribution in [-0.2, 0) is 7.53 Å². The predicted molar refractivity (Wildman–Crippen MR) is 52.5 cm³/mol. The Morgan fingerprint density at radius 1 is 0.917 bits per heavy atom. The molecule has 1 saturated heterocycles. The summed E-state index contributed by atoms with van der Waals surface area (Å²) in [6.07, 6.45) is 1.22. The van der Waals surface area contributed by atoms with Gasteiger partial charge in [0.05, 0.1) is 0 Å². The van der Waals surface area contributed by atoms with E-state index in [0.29, 0.717) is 8.49 Å². The van der Waals surface area contributed by atoms with Crippen LogP contribution in [0.25, 0.3) is 0 Å². The van der Waals surface area contributed by atoms with E-state index in [4.69, 9.17) is 7.53 Å². The Labute approximate surface area is 78.7 Å². The van der Waals surface area contributed by atoms with Crippen LogP contribution < -0.4 is 0 Å². The van der Waals surface area contributed by atoms with E-state index in [1.807, 2.05) is 14.2 Å². The van der Waals surface area contributed by atoms with Crippen molar-refractivity contribution in [3.8, 4) is 0 Å². The fourth-order valence-corrected chi connectivity index (χ4v) is 14.4. The van der Waals surface area contributed by atoms with Crippen LogP contribution in [0.3, 0.4) is 0 Å². The maximum absolute atomic E-state index is 5.72. The molecule has 3 heteroatoms. The first-order valence-corrected chi connectivity index (χ1v) is 8.24. The van der Waals surface area contributed by atoms with Gasteiger partial charge in [-0.3, -0.25) is 0 Å². The molecular formula is C9H20GeO2. The minimum atomic E-state index is -2.49. The Bertz CT molecular complexity index is 167. The maximum atomic E-state index is 5.72. The van der Waals surface area contributed by atoms with Gasteiger partial charge in [0, 0.05) is 0 Å². The van der Waals surface area contributed by atoms with Gasteiger partial charge in [0.2, 0.25) is 0 Å². The van der Waals surface area contributed by atoms with Gasteiger partial charge in [-0.15, -0.1) is 0 Å². The third kappa shape index (κ3) is 1.01. The van der Waals surface area contributed by atoms with E-state index in [9.17, 15) is 0 Å². The quantitative estimate of drug-likeness (QED) is 0.682. The van der Waals surface area contributed by atoms with Crippen molar-refractivity contribution in [2.24, 2.45) is 0 Å². The molecule has 0 aliphatic carbocycles. The molecule has 0 unspecified atom stereocenters. The molecule has 1 heterocycles. The van der Waals surface area contributed by atoms with Gasteiger partial charge in [0.15, 0.2) is 0 Å².